The molecule has 0 aliphatic rings. The molecule has 0 fully saturated rings. The molecule has 1 N–H and O–H groups in total. The van der Waals surface area contributed by atoms with E-state index in [-0.39, 0.29) is 5.75 Å². The molecule has 1 aromatic heterocycles. The number of benzene rings is 3. The number of ether oxygens (including phenoxy) is 5. The van der Waals surface area contributed by atoms with Crippen molar-refractivity contribution in [1.82, 2.24) is 9.97 Å². The second kappa shape index (κ2) is 12.6. The maximum Gasteiger partial charge on any atom is 0.343 e. The monoisotopic (exact) mass is 507 g/mol. The molecule has 0 aliphatic carbocycles. The fourth-order valence-corrected chi connectivity index (χ4v) is 3.39. The SMILES string of the molecule is COCCOc1cc2ncnc(Nc3cccc(C(=O)Oc4ccc(F)cc4)c3)c2cc1OCCOC. The summed E-state index contributed by atoms with van der Waals surface area (Å²) in [5.74, 6) is 0.801. The van der Waals surface area contributed by atoms with Gasteiger partial charge in [-0.2, -0.15) is 0 Å². The second-order valence-corrected chi connectivity index (χ2v) is 7.77. The van der Waals surface area contributed by atoms with Crippen LogP contribution in [0.1, 0.15) is 10.4 Å². The summed E-state index contributed by atoms with van der Waals surface area (Å²) in [5, 5.41) is 3.92. The number of aromatic nitrogens is 2. The van der Waals surface area contributed by atoms with Gasteiger partial charge in [0, 0.05) is 31.4 Å². The number of rotatable bonds is 12. The topological polar surface area (TPSA) is 101 Å². The highest BCUT2D eigenvalue weighted by Gasteiger charge is 2.14. The summed E-state index contributed by atoms with van der Waals surface area (Å²) in [7, 11) is 3.20. The molecule has 0 amide bonds. The lowest BCUT2D eigenvalue weighted by Crippen LogP contribution is -2.09. The summed E-state index contributed by atoms with van der Waals surface area (Å²) in [6.07, 6.45) is 1.43. The van der Waals surface area contributed by atoms with Gasteiger partial charge >= 0.3 is 5.97 Å². The van der Waals surface area contributed by atoms with Crippen molar-refractivity contribution in [2.45, 2.75) is 0 Å². The van der Waals surface area contributed by atoms with Crippen molar-refractivity contribution in [1.29, 1.82) is 0 Å². The molecule has 37 heavy (non-hydrogen) atoms. The summed E-state index contributed by atoms with van der Waals surface area (Å²) in [4.78, 5) is 21.4. The van der Waals surface area contributed by atoms with E-state index in [9.17, 15) is 9.18 Å². The number of nitrogens with one attached hydrogen (secondary N) is 1. The number of fused-ring (bicyclic) bond motifs is 1. The number of nitrogens with zero attached hydrogens (tertiary/aromatic N) is 2. The molecule has 9 nitrogen and oxygen atoms in total. The maximum absolute atomic E-state index is 13.1. The van der Waals surface area contributed by atoms with E-state index in [0.29, 0.717) is 65.9 Å². The van der Waals surface area contributed by atoms with Crippen LogP contribution in [0, 0.1) is 5.82 Å². The molecule has 3 aromatic carbocycles. The van der Waals surface area contributed by atoms with Crippen molar-refractivity contribution in [3.8, 4) is 17.2 Å². The summed E-state index contributed by atoms with van der Waals surface area (Å²) < 4.78 is 40.3. The zero-order valence-corrected chi connectivity index (χ0v) is 20.4. The molecule has 0 atom stereocenters. The number of carbonyl (C=O) groups is 1. The van der Waals surface area contributed by atoms with Crippen LogP contribution < -0.4 is 19.5 Å². The van der Waals surface area contributed by atoms with Crippen LogP contribution >= 0.6 is 0 Å². The predicted molar refractivity (Wildman–Crippen MR) is 135 cm³/mol. The first-order valence-corrected chi connectivity index (χ1v) is 11.4. The van der Waals surface area contributed by atoms with Gasteiger partial charge < -0.3 is 29.0 Å². The van der Waals surface area contributed by atoms with Crippen LogP contribution in [0.15, 0.2) is 67.0 Å². The molecule has 0 radical (unpaired) electrons. The molecule has 0 saturated heterocycles. The predicted octanol–water partition coefficient (Wildman–Crippen LogP) is 4.78. The van der Waals surface area contributed by atoms with Crippen LogP contribution in [0.3, 0.4) is 0 Å². The minimum atomic E-state index is -0.575. The zero-order chi connectivity index (χ0) is 26.0. The van der Waals surface area contributed by atoms with E-state index in [1.807, 2.05) is 0 Å². The van der Waals surface area contributed by atoms with Gasteiger partial charge in [0.05, 0.1) is 24.3 Å². The van der Waals surface area contributed by atoms with Gasteiger partial charge in [0.15, 0.2) is 11.5 Å². The van der Waals surface area contributed by atoms with E-state index >= 15 is 0 Å². The zero-order valence-electron chi connectivity index (χ0n) is 20.4. The molecule has 0 saturated carbocycles. The van der Waals surface area contributed by atoms with Crippen molar-refractivity contribution in [3.05, 3.63) is 78.4 Å². The second-order valence-electron chi connectivity index (χ2n) is 7.77. The Balaban J connectivity index is 1.58. The third kappa shape index (κ3) is 6.90. The molecule has 4 rings (SSSR count). The molecule has 0 spiro atoms. The largest absolute Gasteiger partial charge is 0.487 e. The average Bonchev–Trinajstić information content (AvgIpc) is 2.91. The Bertz CT molecular complexity index is 1350. The number of hydrogen-bond donors (Lipinski definition) is 1. The van der Waals surface area contributed by atoms with E-state index in [1.165, 1.54) is 30.6 Å². The van der Waals surface area contributed by atoms with Crippen molar-refractivity contribution < 1.29 is 32.9 Å². The third-order valence-corrected chi connectivity index (χ3v) is 5.18. The van der Waals surface area contributed by atoms with Crippen molar-refractivity contribution in [2.24, 2.45) is 0 Å². The molecule has 0 aliphatic heterocycles. The summed E-state index contributed by atoms with van der Waals surface area (Å²) in [6.45, 7) is 1.51. The Kier molecular flexibility index (Phi) is 8.79. The van der Waals surface area contributed by atoms with Crippen molar-refractivity contribution in [2.75, 3.05) is 46.0 Å². The van der Waals surface area contributed by atoms with E-state index in [0.717, 1.165) is 0 Å². The Morgan fingerprint density at radius 3 is 2.27 bits per heavy atom. The molecular weight excluding hydrogens is 481 g/mol. The number of halogens is 1. The first-order chi connectivity index (χ1) is 18.1. The molecule has 10 heteroatoms. The first-order valence-electron chi connectivity index (χ1n) is 11.4. The fraction of sp³-hybridized carbons (Fsp3) is 0.222. The Morgan fingerprint density at radius 1 is 0.865 bits per heavy atom. The van der Waals surface area contributed by atoms with Crippen LogP contribution in [0.4, 0.5) is 15.9 Å². The van der Waals surface area contributed by atoms with Crippen LogP contribution in [-0.2, 0) is 9.47 Å². The average molecular weight is 508 g/mol. The summed E-state index contributed by atoms with van der Waals surface area (Å²) in [5.41, 5.74) is 1.55. The summed E-state index contributed by atoms with van der Waals surface area (Å²) in [6, 6.07) is 15.6. The number of esters is 1. The molecule has 4 aromatic rings. The Hall–Kier alpha value is -4.28. The number of hydrogen-bond acceptors (Lipinski definition) is 9. The highest BCUT2D eigenvalue weighted by atomic mass is 19.1. The van der Waals surface area contributed by atoms with Crippen molar-refractivity contribution in [3.63, 3.8) is 0 Å². The van der Waals surface area contributed by atoms with Gasteiger partial charge in [-0.25, -0.2) is 19.2 Å². The van der Waals surface area contributed by atoms with Gasteiger partial charge in [-0.15, -0.1) is 0 Å². The highest BCUT2D eigenvalue weighted by molar-refractivity contribution is 5.95. The number of methoxy groups -OCH3 is 2. The van der Waals surface area contributed by atoms with Gasteiger partial charge in [-0.3, -0.25) is 0 Å². The van der Waals surface area contributed by atoms with Crippen molar-refractivity contribution >= 4 is 28.4 Å². The van der Waals surface area contributed by atoms with Crippen LogP contribution in [0.2, 0.25) is 0 Å². The van der Waals surface area contributed by atoms with E-state index < -0.39 is 11.8 Å². The molecule has 192 valence electrons. The minimum absolute atomic E-state index is 0.246. The van der Waals surface area contributed by atoms with E-state index in [1.54, 1.807) is 50.6 Å². The Morgan fingerprint density at radius 2 is 1.57 bits per heavy atom. The van der Waals surface area contributed by atoms with Gasteiger partial charge in [0.1, 0.15) is 36.9 Å². The molecule has 0 bridgehead atoms. The van der Waals surface area contributed by atoms with E-state index in [2.05, 4.69) is 15.3 Å². The van der Waals surface area contributed by atoms with Gasteiger partial charge in [0.2, 0.25) is 0 Å². The Labute approximate surface area is 213 Å². The van der Waals surface area contributed by atoms with Crippen LogP contribution in [0.25, 0.3) is 10.9 Å². The third-order valence-electron chi connectivity index (χ3n) is 5.18. The van der Waals surface area contributed by atoms with Gasteiger partial charge in [0.25, 0.3) is 0 Å². The normalized spacial score (nSPS) is 10.8. The fourth-order valence-electron chi connectivity index (χ4n) is 3.39. The van der Waals surface area contributed by atoms with Gasteiger partial charge in [-0.1, -0.05) is 6.07 Å². The minimum Gasteiger partial charge on any atom is -0.487 e. The lowest BCUT2D eigenvalue weighted by Gasteiger charge is -2.15. The number of anilines is 2. The lowest BCUT2D eigenvalue weighted by atomic mass is 10.1. The molecular formula is C27H26FN3O6. The smallest absolute Gasteiger partial charge is 0.343 e. The highest BCUT2D eigenvalue weighted by Crippen LogP contribution is 2.35. The standard InChI is InChI=1S/C27H26FN3O6/c1-33-10-12-35-24-15-22-23(16-25(24)36-13-11-34-2)29-17-30-26(22)31-20-5-3-4-18(14-20)27(32)37-21-8-6-19(28)7-9-21/h3-9,14-17H,10-13H2,1-2H3,(H,29,30,31). The van der Waals surface area contributed by atoms with Crippen LogP contribution in [0.5, 0.6) is 17.2 Å². The quantitative estimate of drug-likeness (QED) is 0.165. The maximum atomic E-state index is 13.1. The summed E-state index contributed by atoms with van der Waals surface area (Å²) >= 11 is 0. The molecule has 0 unspecified atom stereocenters. The molecule has 1 heterocycles. The number of carbonyl (C=O) groups excluding carboxylic acids is 1. The lowest BCUT2D eigenvalue weighted by molar-refractivity contribution is 0.0734. The van der Waals surface area contributed by atoms with Crippen LogP contribution in [-0.4, -0.2) is 56.6 Å². The van der Waals surface area contributed by atoms with E-state index in [4.69, 9.17) is 23.7 Å². The first kappa shape index (κ1) is 25.8. The van der Waals surface area contributed by atoms with Gasteiger partial charge in [-0.05, 0) is 48.5 Å².